The minimum absolute atomic E-state index is 0.00345. The lowest BCUT2D eigenvalue weighted by molar-refractivity contribution is -0.139. The Morgan fingerprint density at radius 2 is 1.86 bits per heavy atom. The Kier molecular flexibility index (Phi) is 12.2. The highest BCUT2D eigenvalue weighted by Crippen LogP contribution is 2.15. The van der Waals surface area contributed by atoms with Gasteiger partial charge in [0.25, 0.3) is 11.8 Å². The van der Waals surface area contributed by atoms with Crippen LogP contribution in [-0.4, -0.2) is 63.4 Å². The molecule has 196 valence electrons. The van der Waals surface area contributed by atoms with Gasteiger partial charge in [-0.1, -0.05) is 25.5 Å². The maximum Gasteiger partial charge on any atom is 0.305 e. The van der Waals surface area contributed by atoms with Gasteiger partial charge in [-0.25, -0.2) is 4.39 Å². The van der Waals surface area contributed by atoms with E-state index in [-0.39, 0.29) is 41.6 Å². The van der Waals surface area contributed by atoms with Crippen LogP contribution < -0.4 is 5.32 Å². The van der Waals surface area contributed by atoms with Gasteiger partial charge in [0.2, 0.25) is 0 Å². The van der Waals surface area contributed by atoms with Crippen molar-refractivity contribution in [3.8, 4) is 6.07 Å². The molecule has 1 atom stereocenters. The summed E-state index contributed by atoms with van der Waals surface area (Å²) >= 11 is 1.22. The lowest BCUT2D eigenvalue weighted by atomic mass is 10.1. The number of aliphatic carboxylic acids is 1. The highest BCUT2D eigenvalue weighted by Gasteiger charge is 2.25. The number of nitriles is 1. The molecule has 0 bridgehead atoms. The Morgan fingerprint density at radius 1 is 1.16 bits per heavy atom. The maximum atomic E-state index is 13.0. The SMILES string of the molecule is CCCCN(CCC#N)C(=O)c1cncc(C(=O)N[C@@H](CC(=O)O)C(=O)CSCc2ccc(F)cc2)c1. The summed E-state index contributed by atoms with van der Waals surface area (Å²) in [5.74, 6) is -2.86. The molecule has 0 saturated carbocycles. The van der Waals surface area contributed by atoms with Crippen LogP contribution in [0.1, 0.15) is 58.9 Å². The van der Waals surface area contributed by atoms with Crippen LogP contribution >= 0.6 is 11.8 Å². The van der Waals surface area contributed by atoms with E-state index < -0.39 is 30.1 Å². The number of pyridine rings is 1. The first-order valence-electron chi connectivity index (χ1n) is 11.7. The molecule has 0 aliphatic carbocycles. The average Bonchev–Trinajstić information content (AvgIpc) is 2.89. The van der Waals surface area contributed by atoms with Gasteiger partial charge in [0.1, 0.15) is 5.82 Å². The number of hydrogen-bond donors (Lipinski definition) is 2. The zero-order chi connectivity index (χ0) is 27.2. The smallest absolute Gasteiger partial charge is 0.305 e. The summed E-state index contributed by atoms with van der Waals surface area (Å²) in [5, 5.41) is 20.6. The quantitative estimate of drug-likeness (QED) is 0.358. The molecular weight excluding hydrogens is 499 g/mol. The summed E-state index contributed by atoms with van der Waals surface area (Å²) in [6.07, 6.45) is 3.72. The van der Waals surface area contributed by atoms with Crippen molar-refractivity contribution < 1.29 is 28.7 Å². The summed E-state index contributed by atoms with van der Waals surface area (Å²) in [6, 6.07) is 7.88. The van der Waals surface area contributed by atoms with Crippen molar-refractivity contribution in [2.24, 2.45) is 0 Å². The van der Waals surface area contributed by atoms with E-state index in [1.807, 2.05) is 13.0 Å². The van der Waals surface area contributed by atoms with Crippen molar-refractivity contribution in [3.05, 3.63) is 65.2 Å². The Hall–Kier alpha value is -3.78. The molecule has 2 rings (SSSR count). The number of benzene rings is 1. The van der Waals surface area contributed by atoms with Crippen LogP contribution in [0.25, 0.3) is 0 Å². The molecule has 37 heavy (non-hydrogen) atoms. The third kappa shape index (κ3) is 10.0. The largest absolute Gasteiger partial charge is 0.481 e. The first kappa shape index (κ1) is 29.5. The molecule has 2 aromatic rings. The Balaban J connectivity index is 2.07. The number of nitrogens with one attached hydrogen (secondary N) is 1. The number of ketones is 1. The Morgan fingerprint density at radius 3 is 2.51 bits per heavy atom. The first-order valence-corrected chi connectivity index (χ1v) is 12.9. The van der Waals surface area contributed by atoms with Gasteiger partial charge in [-0.15, -0.1) is 11.8 Å². The summed E-state index contributed by atoms with van der Waals surface area (Å²) in [7, 11) is 0. The molecule has 0 fully saturated rings. The molecule has 0 spiro atoms. The predicted molar refractivity (Wildman–Crippen MR) is 136 cm³/mol. The Labute approximate surface area is 219 Å². The van der Waals surface area contributed by atoms with Crippen LogP contribution in [0.5, 0.6) is 0 Å². The average molecular weight is 529 g/mol. The number of carboxylic acids is 1. The number of nitrogens with zero attached hydrogens (tertiary/aromatic N) is 3. The van der Waals surface area contributed by atoms with Gasteiger partial charge in [0.15, 0.2) is 5.78 Å². The normalized spacial score (nSPS) is 11.3. The lowest BCUT2D eigenvalue weighted by Gasteiger charge is -2.21. The molecule has 0 aliphatic rings. The van der Waals surface area contributed by atoms with Crippen LogP contribution in [0, 0.1) is 17.1 Å². The van der Waals surface area contributed by atoms with Gasteiger partial charge in [-0.05, 0) is 30.2 Å². The monoisotopic (exact) mass is 528 g/mol. The van der Waals surface area contributed by atoms with Crippen LogP contribution in [-0.2, 0) is 15.3 Å². The van der Waals surface area contributed by atoms with Gasteiger partial charge < -0.3 is 15.3 Å². The highest BCUT2D eigenvalue weighted by atomic mass is 32.2. The fourth-order valence-electron chi connectivity index (χ4n) is 3.32. The summed E-state index contributed by atoms with van der Waals surface area (Å²) in [6.45, 7) is 2.68. The van der Waals surface area contributed by atoms with Crippen molar-refractivity contribution in [2.45, 2.75) is 44.4 Å². The number of amides is 2. The topological polar surface area (TPSA) is 140 Å². The van der Waals surface area contributed by atoms with Crippen molar-refractivity contribution >= 4 is 35.3 Å². The third-order valence-electron chi connectivity index (χ3n) is 5.31. The predicted octanol–water partition coefficient (Wildman–Crippen LogP) is 3.45. The second-order valence-corrected chi connectivity index (χ2v) is 9.21. The van der Waals surface area contributed by atoms with E-state index in [0.29, 0.717) is 12.3 Å². The molecule has 1 aromatic carbocycles. The van der Waals surface area contributed by atoms with Crippen LogP contribution in [0.2, 0.25) is 0 Å². The standard InChI is InChI=1S/C26H29FN4O5S/c1-2-3-10-31(11-4-9-28)26(36)20-12-19(14-29-15-20)25(35)30-22(13-24(33)34)23(32)17-37-16-18-5-7-21(27)8-6-18/h5-8,12,14-15,22H,2-4,10-11,13,16-17H2,1H3,(H,30,35)(H,33,34)/t22-/m0/s1. The number of halogens is 1. The van der Waals surface area contributed by atoms with Crippen molar-refractivity contribution in [1.29, 1.82) is 5.26 Å². The van der Waals surface area contributed by atoms with E-state index in [1.54, 1.807) is 12.1 Å². The first-order chi connectivity index (χ1) is 17.7. The molecule has 11 heteroatoms. The number of unbranched alkanes of at least 4 members (excludes halogenated alkanes) is 1. The Bertz CT molecular complexity index is 1140. The molecule has 1 aromatic heterocycles. The number of rotatable bonds is 15. The van der Waals surface area contributed by atoms with Crippen molar-refractivity contribution in [1.82, 2.24) is 15.2 Å². The van der Waals surface area contributed by atoms with Crippen LogP contribution in [0.3, 0.4) is 0 Å². The minimum Gasteiger partial charge on any atom is -0.481 e. The molecular formula is C26H29FN4O5S. The zero-order valence-corrected chi connectivity index (χ0v) is 21.3. The van der Waals surface area contributed by atoms with E-state index in [0.717, 1.165) is 18.4 Å². The number of thioether (sulfide) groups is 1. The molecule has 0 saturated heterocycles. The highest BCUT2D eigenvalue weighted by molar-refractivity contribution is 7.99. The number of hydrogen-bond acceptors (Lipinski definition) is 7. The van der Waals surface area contributed by atoms with E-state index in [2.05, 4.69) is 10.3 Å². The summed E-state index contributed by atoms with van der Waals surface area (Å²) in [4.78, 5) is 55.3. The second kappa shape index (κ2) is 15.4. The fourth-order valence-corrected chi connectivity index (χ4v) is 4.26. The molecule has 0 radical (unpaired) electrons. The van der Waals surface area contributed by atoms with Crippen molar-refractivity contribution in [2.75, 3.05) is 18.8 Å². The number of carbonyl (C=O) groups is 4. The summed E-state index contributed by atoms with van der Waals surface area (Å²) in [5.41, 5.74) is 0.953. The molecule has 2 N–H and O–H groups in total. The molecule has 9 nitrogen and oxygen atoms in total. The molecule has 1 heterocycles. The number of aromatic nitrogens is 1. The van der Waals surface area contributed by atoms with Gasteiger partial charge in [0.05, 0.1) is 41.8 Å². The number of carboxylic acid groups (broad SMARTS) is 1. The van der Waals surface area contributed by atoms with Gasteiger partial charge in [0, 0.05) is 31.2 Å². The molecule has 2 amide bonds. The van der Waals surface area contributed by atoms with E-state index in [9.17, 15) is 28.7 Å². The lowest BCUT2D eigenvalue weighted by Crippen LogP contribution is -2.43. The second-order valence-electron chi connectivity index (χ2n) is 8.23. The number of Topliss-reactive ketones (excluding diaryl/α,β-unsaturated/α-hetero) is 1. The van der Waals surface area contributed by atoms with Crippen LogP contribution in [0.15, 0.2) is 42.7 Å². The van der Waals surface area contributed by atoms with Gasteiger partial charge >= 0.3 is 5.97 Å². The fraction of sp³-hybridized carbons (Fsp3) is 0.385. The van der Waals surface area contributed by atoms with Crippen LogP contribution in [0.4, 0.5) is 4.39 Å². The van der Waals surface area contributed by atoms with E-state index in [1.165, 1.54) is 47.3 Å². The van der Waals surface area contributed by atoms with Gasteiger partial charge in [-0.2, -0.15) is 5.26 Å². The molecule has 0 unspecified atom stereocenters. The van der Waals surface area contributed by atoms with E-state index >= 15 is 0 Å². The zero-order valence-electron chi connectivity index (χ0n) is 20.5. The summed E-state index contributed by atoms with van der Waals surface area (Å²) < 4.78 is 13.0. The van der Waals surface area contributed by atoms with Crippen molar-refractivity contribution in [3.63, 3.8) is 0 Å². The molecule has 0 aliphatic heterocycles. The van der Waals surface area contributed by atoms with Gasteiger partial charge in [-0.3, -0.25) is 24.2 Å². The number of carbonyl (C=O) groups excluding carboxylic acids is 3. The maximum absolute atomic E-state index is 13.0. The van der Waals surface area contributed by atoms with E-state index in [4.69, 9.17) is 5.26 Å². The third-order valence-corrected chi connectivity index (χ3v) is 6.33. The minimum atomic E-state index is -1.28.